The SMILES string of the molecule is CN(C(=O)c1ccc([N+](=O)[O-])cc1F)C1CCNCC1.Cl. The molecule has 1 fully saturated rings. The van der Waals surface area contributed by atoms with E-state index in [0.29, 0.717) is 0 Å². The molecule has 21 heavy (non-hydrogen) atoms. The molecule has 0 saturated carbocycles. The van der Waals surface area contributed by atoms with Gasteiger partial charge in [0.2, 0.25) is 0 Å². The van der Waals surface area contributed by atoms with Gasteiger partial charge in [0.25, 0.3) is 11.6 Å². The quantitative estimate of drug-likeness (QED) is 0.683. The van der Waals surface area contributed by atoms with Crippen molar-refractivity contribution in [1.82, 2.24) is 10.2 Å². The van der Waals surface area contributed by atoms with Gasteiger partial charge in [-0.2, -0.15) is 0 Å². The van der Waals surface area contributed by atoms with E-state index in [-0.39, 0.29) is 29.7 Å². The van der Waals surface area contributed by atoms with Crippen LogP contribution < -0.4 is 5.32 Å². The van der Waals surface area contributed by atoms with Gasteiger partial charge in [-0.15, -0.1) is 12.4 Å². The van der Waals surface area contributed by atoms with E-state index in [1.165, 1.54) is 11.0 Å². The van der Waals surface area contributed by atoms with Crippen LogP contribution in [0.4, 0.5) is 10.1 Å². The van der Waals surface area contributed by atoms with Crippen LogP contribution in [0.1, 0.15) is 23.2 Å². The molecule has 0 bridgehead atoms. The minimum atomic E-state index is -0.856. The molecule has 0 aliphatic carbocycles. The zero-order valence-corrected chi connectivity index (χ0v) is 12.4. The van der Waals surface area contributed by atoms with Crippen molar-refractivity contribution in [2.45, 2.75) is 18.9 Å². The number of nitrogens with one attached hydrogen (secondary N) is 1. The predicted octanol–water partition coefficient (Wildman–Crippen LogP) is 1.98. The van der Waals surface area contributed by atoms with Crippen molar-refractivity contribution in [2.75, 3.05) is 20.1 Å². The second kappa shape index (κ2) is 7.33. The fourth-order valence-corrected chi connectivity index (χ4v) is 2.34. The molecule has 2 rings (SSSR count). The van der Waals surface area contributed by atoms with Crippen molar-refractivity contribution >= 4 is 24.0 Å². The summed E-state index contributed by atoms with van der Waals surface area (Å²) < 4.78 is 13.8. The van der Waals surface area contributed by atoms with Gasteiger partial charge in [0.15, 0.2) is 0 Å². The molecule has 1 amide bonds. The molecule has 116 valence electrons. The predicted molar refractivity (Wildman–Crippen MR) is 78.3 cm³/mol. The summed E-state index contributed by atoms with van der Waals surface area (Å²) in [5.41, 5.74) is -0.486. The van der Waals surface area contributed by atoms with Crippen LogP contribution >= 0.6 is 12.4 Å². The maximum Gasteiger partial charge on any atom is 0.272 e. The molecule has 6 nitrogen and oxygen atoms in total. The third kappa shape index (κ3) is 3.89. The van der Waals surface area contributed by atoms with E-state index in [2.05, 4.69) is 5.32 Å². The number of halogens is 2. The van der Waals surface area contributed by atoms with Crippen molar-refractivity contribution in [3.63, 3.8) is 0 Å². The van der Waals surface area contributed by atoms with Crippen LogP contribution in [0.15, 0.2) is 18.2 Å². The van der Waals surface area contributed by atoms with Crippen molar-refractivity contribution < 1.29 is 14.1 Å². The summed E-state index contributed by atoms with van der Waals surface area (Å²) in [5, 5.41) is 13.7. The lowest BCUT2D eigenvalue weighted by Crippen LogP contribution is -2.44. The van der Waals surface area contributed by atoms with Crippen molar-refractivity contribution in [1.29, 1.82) is 0 Å². The normalized spacial score (nSPS) is 15.1. The number of nitro groups is 1. The first-order valence-electron chi connectivity index (χ1n) is 6.42. The van der Waals surface area contributed by atoms with Gasteiger partial charge in [-0.1, -0.05) is 0 Å². The summed E-state index contributed by atoms with van der Waals surface area (Å²) >= 11 is 0. The van der Waals surface area contributed by atoms with Crippen molar-refractivity contribution in [3.05, 3.63) is 39.7 Å². The molecule has 1 aliphatic heterocycles. The lowest BCUT2D eigenvalue weighted by molar-refractivity contribution is -0.385. The number of hydrogen-bond donors (Lipinski definition) is 1. The molecule has 0 radical (unpaired) electrons. The highest BCUT2D eigenvalue weighted by Gasteiger charge is 2.25. The lowest BCUT2D eigenvalue weighted by atomic mass is 10.0. The average Bonchev–Trinajstić information content (AvgIpc) is 2.46. The maximum atomic E-state index is 13.8. The highest BCUT2D eigenvalue weighted by molar-refractivity contribution is 5.94. The summed E-state index contributed by atoms with van der Waals surface area (Å²) in [4.78, 5) is 23.6. The second-order valence-corrected chi connectivity index (χ2v) is 4.82. The molecular formula is C13H17ClFN3O3. The number of benzene rings is 1. The number of hydrogen-bond acceptors (Lipinski definition) is 4. The summed E-state index contributed by atoms with van der Waals surface area (Å²) in [6.45, 7) is 1.65. The lowest BCUT2D eigenvalue weighted by Gasteiger charge is -2.31. The smallest absolute Gasteiger partial charge is 0.272 e. The monoisotopic (exact) mass is 317 g/mol. The van der Waals surface area contributed by atoms with Gasteiger partial charge in [-0.3, -0.25) is 14.9 Å². The Bertz CT molecular complexity index is 535. The molecular weight excluding hydrogens is 301 g/mol. The molecule has 1 heterocycles. The van der Waals surface area contributed by atoms with Gasteiger partial charge in [0, 0.05) is 19.2 Å². The minimum absolute atomic E-state index is 0. The van der Waals surface area contributed by atoms with Crippen LogP contribution in [0.2, 0.25) is 0 Å². The molecule has 8 heteroatoms. The van der Waals surface area contributed by atoms with E-state index in [4.69, 9.17) is 0 Å². The zero-order chi connectivity index (χ0) is 14.7. The highest BCUT2D eigenvalue weighted by atomic mass is 35.5. The Hall–Kier alpha value is -1.73. The van der Waals surface area contributed by atoms with Crippen LogP contribution in [0.5, 0.6) is 0 Å². The molecule has 1 saturated heterocycles. The Kier molecular flexibility index (Phi) is 6.04. The third-order valence-corrected chi connectivity index (χ3v) is 3.57. The van der Waals surface area contributed by atoms with Gasteiger partial charge in [-0.25, -0.2) is 4.39 Å². The van der Waals surface area contributed by atoms with Gasteiger partial charge < -0.3 is 10.2 Å². The van der Waals surface area contributed by atoms with Gasteiger partial charge in [0.05, 0.1) is 16.6 Å². The number of amides is 1. The fraction of sp³-hybridized carbons (Fsp3) is 0.462. The number of carbonyl (C=O) groups excluding carboxylic acids is 1. The van der Waals surface area contributed by atoms with E-state index in [9.17, 15) is 19.3 Å². The molecule has 1 aromatic carbocycles. The van der Waals surface area contributed by atoms with Crippen molar-refractivity contribution in [3.8, 4) is 0 Å². The van der Waals surface area contributed by atoms with E-state index in [1.54, 1.807) is 7.05 Å². The number of non-ortho nitro benzene ring substituents is 1. The molecule has 0 aromatic heterocycles. The van der Waals surface area contributed by atoms with E-state index in [1.807, 2.05) is 0 Å². The molecule has 1 N–H and O–H groups in total. The third-order valence-electron chi connectivity index (χ3n) is 3.57. The number of carbonyl (C=O) groups is 1. The maximum absolute atomic E-state index is 13.8. The van der Waals surface area contributed by atoms with Crippen LogP contribution in [0, 0.1) is 15.9 Å². The van der Waals surface area contributed by atoms with Gasteiger partial charge in [-0.05, 0) is 32.0 Å². The Labute approximate surface area is 127 Å². The first-order chi connectivity index (χ1) is 9.50. The number of rotatable bonds is 3. The summed E-state index contributed by atoms with van der Waals surface area (Å²) in [6, 6.07) is 3.17. The number of nitro benzene ring substituents is 1. The Balaban J connectivity index is 0.00000220. The van der Waals surface area contributed by atoms with Gasteiger partial charge in [0.1, 0.15) is 5.82 Å². The van der Waals surface area contributed by atoms with Crippen LogP contribution in [0.3, 0.4) is 0 Å². The number of nitrogens with zero attached hydrogens (tertiary/aromatic N) is 2. The Morgan fingerprint density at radius 3 is 2.57 bits per heavy atom. The molecule has 0 atom stereocenters. The topological polar surface area (TPSA) is 75.5 Å². The van der Waals surface area contributed by atoms with E-state index in [0.717, 1.165) is 38.1 Å². The molecule has 0 spiro atoms. The first-order valence-corrected chi connectivity index (χ1v) is 6.42. The first kappa shape index (κ1) is 17.3. The summed E-state index contributed by atoms with van der Waals surface area (Å²) in [5.74, 6) is -1.30. The summed E-state index contributed by atoms with van der Waals surface area (Å²) in [6.07, 6.45) is 1.63. The second-order valence-electron chi connectivity index (χ2n) is 4.82. The minimum Gasteiger partial charge on any atom is -0.339 e. The molecule has 1 aromatic rings. The largest absolute Gasteiger partial charge is 0.339 e. The molecule has 1 aliphatic rings. The van der Waals surface area contributed by atoms with Gasteiger partial charge >= 0.3 is 0 Å². The van der Waals surface area contributed by atoms with Crippen LogP contribution in [0.25, 0.3) is 0 Å². The highest BCUT2D eigenvalue weighted by Crippen LogP contribution is 2.20. The number of piperidine rings is 1. The Morgan fingerprint density at radius 2 is 2.05 bits per heavy atom. The van der Waals surface area contributed by atoms with E-state index >= 15 is 0 Å². The standard InChI is InChI=1S/C13H16FN3O3.ClH/c1-16(9-4-6-15-7-5-9)13(18)11-3-2-10(17(19)20)8-12(11)14;/h2-3,8-9,15H,4-7H2,1H3;1H. The van der Waals surface area contributed by atoms with E-state index < -0.39 is 16.6 Å². The summed E-state index contributed by atoms with van der Waals surface area (Å²) in [7, 11) is 1.64. The average molecular weight is 318 g/mol. The van der Waals surface area contributed by atoms with Crippen molar-refractivity contribution in [2.24, 2.45) is 0 Å². The van der Waals surface area contributed by atoms with Crippen LogP contribution in [-0.4, -0.2) is 41.9 Å². The Morgan fingerprint density at radius 1 is 1.43 bits per heavy atom. The molecule has 0 unspecified atom stereocenters. The fourth-order valence-electron chi connectivity index (χ4n) is 2.34. The van der Waals surface area contributed by atoms with Crippen LogP contribution in [-0.2, 0) is 0 Å². The zero-order valence-electron chi connectivity index (χ0n) is 11.5.